The molecule has 0 spiro atoms. The third kappa shape index (κ3) is 3.34. The summed E-state index contributed by atoms with van der Waals surface area (Å²) in [5.41, 5.74) is 1.90. The van der Waals surface area contributed by atoms with Gasteiger partial charge in [-0.15, -0.1) is 0 Å². The van der Waals surface area contributed by atoms with Gasteiger partial charge in [-0.25, -0.2) is 0 Å². The highest BCUT2D eigenvalue weighted by molar-refractivity contribution is 6.00. The maximum absolute atomic E-state index is 12.1. The Kier molecular flexibility index (Phi) is 4.46. The Morgan fingerprint density at radius 1 is 1.43 bits per heavy atom. The molecule has 0 atom stereocenters. The van der Waals surface area contributed by atoms with E-state index < -0.39 is 10.8 Å². The molecule has 4 N–H and O–H groups in total. The molecule has 0 fully saturated rings. The molecule has 1 aromatic heterocycles. The van der Waals surface area contributed by atoms with E-state index in [0.717, 1.165) is 0 Å². The maximum Gasteiger partial charge on any atom is 0.306 e. The van der Waals surface area contributed by atoms with Crippen LogP contribution in [0, 0.1) is 10.1 Å². The fourth-order valence-corrected chi connectivity index (χ4v) is 1.85. The second kappa shape index (κ2) is 6.48. The molecule has 0 saturated carbocycles. The number of rotatable bonds is 6. The predicted octanol–water partition coefficient (Wildman–Crippen LogP) is 0.507. The van der Waals surface area contributed by atoms with Crippen LogP contribution in [-0.4, -0.2) is 27.2 Å². The number of carbonyl (C=O) groups excluding carboxylic acids is 1. The van der Waals surface area contributed by atoms with Crippen LogP contribution in [0.4, 0.5) is 11.4 Å². The summed E-state index contributed by atoms with van der Waals surface area (Å²) in [5, 5.41) is 17.7. The number of nitrogens with two attached hydrogens (primary N) is 1. The van der Waals surface area contributed by atoms with Gasteiger partial charge in [0.1, 0.15) is 11.3 Å². The predicted molar refractivity (Wildman–Crippen MR) is 75.5 cm³/mol. The number of hydrogen-bond acceptors (Lipinski definition) is 6. The van der Waals surface area contributed by atoms with Crippen molar-refractivity contribution in [3.05, 3.63) is 52.3 Å². The van der Waals surface area contributed by atoms with E-state index in [4.69, 9.17) is 5.84 Å². The Morgan fingerprint density at radius 2 is 2.24 bits per heavy atom. The number of hydrogen-bond donors (Lipinski definition) is 3. The Morgan fingerprint density at radius 3 is 2.86 bits per heavy atom. The number of carbonyl (C=O) groups is 1. The van der Waals surface area contributed by atoms with E-state index in [1.54, 1.807) is 23.1 Å². The topological polar surface area (TPSA) is 128 Å². The van der Waals surface area contributed by atoms with Crippen LogP contribution in [0.2, 0.25) is 0 Å². The normalized spacial score (nSPS) is 10.1. The number of nitro groups is 1. The van der Waals surface area contributed by atoms with Gasteiger partial charge in [-0.3, -0.25) is 25.4 Å². The molecule has 21 heavy (non-hydrogen) atoms. The fraction of sp³-hybridized carbons (Fsp3) is 0.167. The largest absolute Gasteiger partial charge is 0.350 e. The average Bonchev–Trinajstić information content (AvgIpc) is 2.99. The number of amides is 1. The molecule has 110 valence electrons. The molecule has 0 aliphatic carbocycles. The molecular formula is C12H14N6O3. The van der Waals surface area contributed by atoms with Gasteiger partial charge in [0.15, 0.2) is 0 Å². The molecule has 0 radical (unpaired) electrons. The quantitative estimate of drug-likeness (QED) is 0.404. The average molecular weight is 290 g/mol. The van der Waals surface area contributed by atoms with Crippen LogP contribution in [-0.2, 0) is 6.54 Å². The van der Waals surface area contributed by atoms with E-state index in [9.17, 15) is 14.9 Å². The smallest absolute Gasteiger partial charge is 0.306 e. The van der Waals surface area contributed by atoms with Crippen LogP contribution < -0.4 is 16.6 Å². The summed E-state index contributed by atoms with van der Waals surface area (Å²) < 4.78 is 1.65. The van der Waals surface area contributed by atoms with Crippen molar-refractivity contribution in [3.63, 3.8) is 0 Å². The van der Waals surface area contributed by atoms with Gasteiger partial charge in [0.2, 0.25) is 0 Å². The molecule has 0 unspecified atom stereocenters. The molecule has 1 aromatic carbocycles. The first-order valence-electron chi connectivity index (χ1n) is 6.13. The number of nitrogen functional groups attached to an aromatic ring is 1. The molecule has 1 heterocycles. The van der Waals surface area contributed by atoms with Crippen molar-refractivity contribution in [3.8, 4) is 0 Å². The first kappa shape index (κ1) is 14.5. The van der Waals surface area contributed by atoms with Gasteiger partial charge >= 0.3 is 5.69 Å². The summed E-state index contributed by atoms with van der Waals surface area (Å²) in [6, 6.07) is 6.09. The van der Waals surface area contributed by atoms with E-state index in [0.29, 0.717) is 13.1 Å². The summed E-state index contributed by atoms with van der Waals surface area (Å²) in [5.74, 6) is 4.69. The van der Waals surface area contributed by atoms with Gasteiger partial charge in [-0.2, -0.15) is 5.10 Å². The second-order valence-electron chi connectivity index (χ2n) is 4.13. The molecule has 2 aromatic rings. The minimum absolute atomic E-state index is 0.0454. The van der Waals surface area contributed by atoms with Gasteiger partial charge in [-0.05, 0) is 18.2 Å². The molecule has 2 rings (SSSR count). The highest BCUT2D eigenvalue weighted by Gasteiger charge is 2.23. The zero-order chi connectivity index (χ0) is 15.2. The molecule has 9 heteroatoms. The first-order chi connectivity index (χ1) is 10.1. The van der Waals surface area contributed by atoms with E-state index in [-0.39, 0.29) is 16.9 Å². The minimum atomic E-state index is -0.641. The van der Waals surface area contributed by atoms with Crippen molar-refractivity contribution < 1.29 is 9.72 Å². The second-order valence-corrected chi connectivity index (χ2v) is 4.13. The highest BCUT2D eigenvalue weighted by Crippen LogP contribution is 2.27. The highest BCUT2D eigenvalue weighted by atomic mass is 16.6. The van der Waals surface area contributed by atoms with Crippen LogP contribution in [0.3, 0.4) is 0 Å². The van der Waals surface area contributed by atoms with Gasteiger partial charge in [-0.1, -0.05) is 6.07 Å². The number of hydrazine groups is 1. The number of nitrogens with one attached hydrogen (secondary N) is 2. The monoisotopic (exact) mass is 290 g/mol. The number of nitro benzene ring substituents is 1. The van der Waals surface area contributed by atoms with Crippen molar-refractivity contribution in [2.75, 3.05) is 12.0 Å². The standard InChI is InChI=1S/C12H14N6O3/c13-16-10-4-1-3-9(11(10)18(20)21)12(19)14-6-8-17-7-2-5-15-17/h1-5,7,16H,6,8,13H2,(H,14,19). The fourth-order valence-electron chi connectivity index (χ4n) is 1.85. The number of benzene rings is 1. The van der Waals surface area contributed by atoms with Gasteiger partial charge in [0.05, 0.1) is 11.5 Å². The summed E-state index contributed by atoms with van der Waals surface area (Å²) >= 11 is 0. The molecule has 0 bridgehead atoms. The third-order valence-corrected chi connectivity index (χ3v) is 2.80. The molecular weight excluding hydrogens is 276 g/mol. The molecule has 0 aliphatic heterocycles. The van der Waals surface area contributed by atoms with E-state index >= 15 is 0 Å². The van der Waals surface area contributed by atoms with Crippen molar-refractivity contribution in [1.82, 2.24) is 15.1 Å². The number of aromatic nitrogens is 2. The number of anilines is 1. The van der Waals surface area contributed by atoms with Crippen LogP contribution >= 0.6 is 0 Å². The van der Waals surface area contributed by atoms with Gasteiger partial charge in [0.25, 0.3) is 5.91 Å². The van der Waals surface area contributed by atoms with Crippen molar-refractivity contribution >= 4 is 17.3 Å². The lowest BCUT2D eigenvalue weighted by molar-refractivity contribution is -0.384. The van der Waals surface area contributed by atoms with Gasteiger partial charge < -0.3 is 10.7 Å². The Balaban J connectivity index is 2.10. The molecule has 0 saturated heterocycles. The summed E-state index contributed by atoms with van der Waals surface area (Å²) in [7, 11) is 0. The molecule has 9 nitrogen and oxygen atoms in total. The first-order valence-corrected chi connectivity index (χ1v) is 6.13. The van der Waals surface area contributed by atoms with Gasteiger partial charge in [0, 0.05) is 18.9 Å². The lowest BCUT2D eigenvalue weighted by atomic mass is 10.1. The minimum Gasteiger partial charge on any atom is -0.350 e. The zero-order valence-electron chi connectivity index (χ0n) is 11.0. The Bertz CT molecular complexity index is 640. The van der Waals surface area contributed by atoms with Crippen LogP contribution in [0.25, 0.3) is 0 Å². The lowest BCUT2D eigenvalue weighted by Gasteiger charge is -2.08. The van der Waals surface area contributed by atoms with E-state index in [2.05, 4.69) is 15.8 Å². The van der Waals surface area contributed by atoms with Crippen molar-refractivity contribution in [2.24, 2.45) is 5.84 Å². The molecule has 0 aliphatic rings. The van der Waals surface area contributed by atoms with Crippen LogP contribution in [0.1, 0.15) is 10.4 Å². The molecule has 1 amide bonds. The number of nitrogens with zero attached hydrogens (tertiary/aromatic N) is 3. The maximum atomic E-state index is 12.1. The van der Waals surface area contributed by atoms with Crippen molar-refractivity contribution in [2.45, 2.75) is 6.54 Å². The summed E-state index contributed by atoms with van der Waals surface area (Å²) in [6.45, 7) is 0.777. The summed E-state index contributed by atoms with van der Waals surface area (Å²) in [4.78, 5) is 22.5. The van der Waals surface area contributed by atoms with Crippen molar-refractivity contribution in [1.29, 1.82) is 0 Å². The van der Waals surface area contributed by atoms with E-state index in [1.165, 1.54) is 18.2 Å². The third-order valence-electron chi connectivity index (χ3n) is 2.80. The summed E-state index contributed by atoms with van der Waals surface area (Å²) in [6.07, 6.45) is 3.39. The lowest BCUT2D eigenvalue weighted by Crippen LogP contribution is -2.28. The Labute approximate surface area is 119 Å². The number of para-hydroxylation sites is 1. The van der Waals surface area contributed by atoms with E-state index in [1.807, 2.05) is 0 Å². The van der Waals surface area contributed by atoms with Crippen LogP contribution in [0.5, 0.6) is 0 Å². The van der Waals surface area contributed by atoms with Crippen LogP contribution in [0.15, 0.2) is 36.7 Å². The Hall–Kier alpha value is -2.94. The zero-order valence-corrected chi connectivity index (χ0v) is 11.0. The SMILES string of the molecule is NNc1cccc(C(=O)NCCn2cccn2)c1[N+](=O)[O-].